The molecule has 3 rings (SSSR count). The second-order valence-electron chi connectivity index (χ2n) is 8.11. The van der Waals surface area contributed by atoms with Gasteiger partial charge in [-0.15, -0.1) is 0 Å². The number of hydrogen-bond acceptors (Lipinski definition) is 4. The molecule has 29 heavy (non-hydrogen) atoms. The SMILES string of the molecule is CN(C)C(=O)CN=C(NCC1CCOC1)NCC(c1ccccc1)N1CCCC1. The van der Waals surface area contributed by atoms with Gasteiger partial charge in [0.15, 0.2) is 5.96 Å². The maximum absolute atomic E-state index is 12.0. The van der Waals surface area contributed by atoms with Crippen LogP contribution in [0.25, 0.3) is 0 Å². The summed E-state index contributed by atoms with van der Waals surface area (Å²) in [5, 5.41) is 6.92. The molecule has 160 valence electrons. The summed E-state index contributed by atoms with van der Waals surface area (Å²) >= 11 is 0. The third-order valence-electron chi connectivity index (χ3n) is 5.68. The zero-order valence-corrected chi connectivity index (χ0v) is 17.8. The molecule has 2 aliphatic rings. The molecule has 2 saturated heterocycles. The first-order chi connectivity index (χ1) is 14.1. The molecule has 7 nitrogen and oxygen atoms in total. The average molecular weight is 402 g/mol. The zero-order valence-electron chi connectivity index (χ0n) is 17.8. The van der Waals surface area contributed by atoms with Crippen molar-refractivity contribution in [2.45, 2.75) is 25.3 Å². The van der Waals surface area contributed by atoms with Gasteiger partial charge in [0.2, 0.25) is 5.91 Å². The molecular formula is C22H35N5O2. The standard InChI is InChI=1S/C22H35N5O2/c1-26(2)21(28)16-25-22(23-14-18-10-13-29-17-18)24-15-20(27-11-6-7-12-27)19-8-4-3-5-9-19/h3-5,8-9,18,20H,6-7,10-17H2,1-2H3,(H2,23,24,25). The average Bonchev–Trinajstić information content (AvgIpc) is 3.44. The van der Waals surface area contributed by atoms with Crippen LogP contribution in [-0.4, -0.2) is 81.7 Å². The molecular weight excluding hydrogens is 366 g/mol. The summed E-state index contributed by atoms with van der Waals surface area (Å²) < 4.78 is 5.47. The van der Waals surface area contributed by atoms with Crippen LogP contribution in [-0.2, 0) is 9.53 Å². The number of aliphatic imine (C=N–C) groups is 1. The fourth-order valence-electron chi connectivity index (χ4n) is 3.83. The van der Waals surface area contributed by atoms with Gasteiger partial charge in [0.1, 0.15) is 6.54 Å². The maximum atomic E-state index is 12.0. The van der Waals surface area contributed by atoms with Crippen molar-refractivity contribution in [3.8, 4) is 0 Å². The predicted molar refractivity (Wildman–Crippen MR) is 116 cm³/mol. The van der Waals surface area contributed by atoms with E-state index in [0.29, 0.717) is 17.9 Å². The zero-order chi connectivity index (χ0) is 20.5. The fraction of sp³-hybridized carbons (Fsp3) is 0.636. The van der Waals surface area contributed by atoms with Crippen molar-refractivity contribution in [3.63, 3.8) is 0 Å². The van der Waals surface area contributed by atoms with Crippen LogP contribution < -0.4 is 10.6 Å². The minimum atomic E-state index is -0.00514. The van der Waals surface area contributed by atoms with Crippen molar-refractivity contribution >= 4 is 11.9 Å². The molecule has 2 atom stereocenters. The van der Waals surface area contributed by atoms with E-state index < -0.39 is 0 Å². The Morgan fingerprint density at radius 3 is 2.66 bits per heavy atom. The normalized spacial score (nSPS) is 21.2. The minimum absolute atomic E-state index is 0.00514. The van der Waals surface area contributed by atoms with Gasteiger partial charge in [-0.2, -0.15) is 0 Å². The van der Waals surface area contributed by atoms with Gasteiger partial charge >= 0.3 is 0 Å². The van der Waals surface area contributed by atoms with Gasteiger partial charge < -0.3 is 20.3 Å². The summed E-state index contributed by atoms with van der Waals surface area (Å²) in [6, 6.07) is 10.9. The molecule has 0 bridgehead atoms. The van der Waals surface area contributed by atoms with Crippen LogP contribution in [0.4, 0.5) is 0 Å². The van der Waals surface area contributed by atoms with Crippen LogP contribution in [0.1, 0.15) is 30.9 Å². The highest BCUT2D eigenvalue weighted by molar-refractivity contribution is 5.84. The molecule has 0 saturated carbocycles. The van der Waals surface area contributed by atoms with Gasteiger partial charge in [0.05, 0.1) is 12.6 Å². The molecule has 2 aliphatic heterocycles. The Morgan fingerprint density at radius 2 is 2.00 bits per heavy atom. The second kappa shape index (κ2) is 11.2. The lowest BCUT2D eigenvalue weighted by Crippen LogP contribution is -2.44. The quantitative estimate of drug-likeness (QED) is 0.510. The van der Waals surface area contributed by atoms with Gasteiger partial charge in [-0.1, -0.05) is 30.3 Å². The van der Waals surface area contributed by atoms with Crippen molar-refractivity contribution in [1.82, 2.24) is 20.4 Å². The minimum Gasteiger partial charge on any atom is -0.381 e. The van der Waals surface area contributed by atoms with E-state index in [1.54, 1.807) is 19.0 Å². The number of guanidine groups is 1. The van der Waals surface area contributed by atoms with Crippen LogP contribution in [0, 0.1) is 5.92 Å². The Morgan fingerprint density at radius 1 is 1.24 bits per heavy atom. The first-order valence-electron chi connectivity index (χ1n) is 10.7. The summed E-state index contributed by atoms with van der Waals surface area (Å²) in [5.41, 5.74) is 1.31. The number of rotatable bonds is 8. The van der Waals surface area contributed by atoms with Crippen molar-refractivity contribution in [2.75, 3.05) is 60.0 Å². The fourth-order valence-corrected chi connectivity index (χ4v) is 3.83. The third kappa shape index (κ3) is 6.72. The number of amides is 1. The molecule has 2 N–H and O–H groups in total. The molecule has 1 amide bonds. The van der Waals surface area contributed by atoms with Crippen LogP contribution in [0.5, 0.6) is 0 Å². The second-order valence-corrected chi connectivity index (χ2v) is 8.11. The summed E-state index contributed by atoms with van der Waals surface area (Å²) in [6.07, 6.45) is 3.57. The largest absolute Gasteiger partial charge is 0.381 e. The Bertz CT molecular complexity index is 652. The molecule has 0 aliphatic carbocycles. The highest BCUT2D eigenvalue weighted by atomic mass is 16.5. The molecule has 7 heteroatoms. The first-order valence-corrected chi connectivity index (χ1v) is 10.7. The highest BCUT2D eigenvalue weighted by Gasteiger charge is 2.24. The van der Waals surface area contributed by atoms with Gasteiger partial charge in [-0.05, 0) is 37.9 Å². The van der Waals surface area contributed by atoms with E-state index in [4.69, 9.17) is 4.74 Å². The van der Waals surface area contributed by atoms with E-state index in [9.17, 15) is 4.79 Å². The number of nitrogens with zero attached hydrogens (tertiary/aromatic N) is 3. The van der Waals surface area contributed by atoms with Gasteiger partial charge in [0.25, 0.3) is 0 Å². The van der Waals surface area contributed by atoms with E-state index in [1.807, 2.05) is 0 Å². The van der Waals surface area contributed by atoms with Crippen LogP contribution in [0.15, 0.2) is 35.3 Å². The summed E-state index contributed by atoms with van der Waals surface area (Å²) in [4.78, 5) is 20.7. The van der Waals surface area contributed by atoms with E-state index in [1.165, 1.54) is 18.4 Å². The molecule has 1 aromatic carbocycles. The molecule has 2 heterocycles. The van der Waals surface area contributed by atoms with Crippen LogP contribution in [0.2, 0.25) is 0 Å². The number of likely N-dealkylation sites (N-methyl/N-ethyl adjacent to an activating group) is 1. The Labute approximate surface area is 174 Å². The molecule has 0 aromatic heterocycles. The van der Waals surface area contributed by atoms with Crippen LogP contribution >= 0.6 is 0 Å². The molecule has 2 fully saturated rings. The summed E-state index contributed by atoms with van der Waals surface area (Å²) in [7, 11) is 3.51. The predicted octanol–water partition coefficient (Wildman–Crippen LogP) is 1.48. The van der Waals surface area contributed by atoms with E-state index in [-0.39, 0.29) is 12.5 Å². The number of likely N-dealkylation sites (tertiary alicyclic amines) is 1. The van der Waals surface area contributed by atoms with Crippen molar-refractivity contribution in [1.29, 1.82) is 0 Å². The monoisotopic (exact) mass is 401 g/mol. The molecule has 0 radical (unpaired) electrons. The molecule has 2 unspecified atom stereocenters. The first kappa shape index (κ1) is 21.6. The van der Waals surface area contributed by atoms with Crippen molar-refractivity contribution in [2.24, 2.45) is 10.9 Å². The number of ether oxygens (including phenoxy) is 1. The molecule has 0 spiro atoms. The van der Waals surface area contributed by atoms with Crippen molar-refractivity contribution in [3.05, 3.63) is 35.9 Å². The molecule has 1 aromatic rings. The third-order valence-corrected chi connectivity index (χ3v) is 5.68. The lowest BCUT2D eigenvalue weighted by molar-refractivity contribution is -0.127. The topological polar surface area (TPSA) is 69.2 Å². The lowest BCUT2D eigenvalue weighted by atomic mass is 10.1. The number of benzene rings is 1. The van der Waals surface area contributed by atoms with E-state index >= 15 is 0 Å². The number of carbonyl (C=O) groups excluding carboxylic acids is 1. The maximum Gasteiger partial charge on any atom is 0.243 e. The van der Waals surface area contributed by atoms with Crippen molar-refractivity contribution < 1.29 is 9.53 Å². The Balaban J connectivity index is 1.64. The van der Waals surface area contributed by atoms with Gasteiger partial charge in [-0.25, -0.2) is 4.99 Å². The highest BCUT2D eigenvalue weighted by Crippen LogP contribution is 2.24. The van der Waals surface area contributed by atoms with Gasteiger partial charge in [0, 0.05) is 39.7 Å². The number of carbonyl (C=O) groups is 1. The van der Waals surface area contributed by atoms with Crippen LogP contribution in [0.3, 0.4) is 0 Å². The summed E-state index contributed by atoms with van der Waals surface area (Å²) in [6.45, 7) is 5.57. The smallest absolute Gasteiger partial charge is 0.243 e. The van der Waals surface area contributed by atoms with E-state index in [0.717, 1.165) is 45.8 Å². The Kier molecular flexibility index (Phi) is 8.31. The Hall–Kier alpha value is -2.12. The summed E-state index contributed by atoms with van der Waals surface area (Å²) in [5.74, 6) is 1.19. The lowest BCUT2D eigenvalue weighted by Gasteiger charge is -2.29. The van der Waals surface area contributed by atoms with Gasteiger partial charge in [-0.3, -0.25) is 9.69 Å². The van der Waals surface area contributed by atoms with E-state index in [2.05, 4.69) is 50.9 Å². The number of nitrogens with one attached hydrogen (secondary N) is 2. The number of hydrogen-bond donors (Lipinski definition) is 2.